The number of hydrogen-bond donors (Lipinski definition) is 3. The van der Waals surface area contributed by atoms with Gasteiger partial charge in [-0.25, -0.2) is 0 Å². The van der Waals surface area contributed by atoms with Crippen LogP contribution in [0.3, 0.4) is 0 Å². The Balaban J connectivity index is -0.000000807. The lowest BCUT2D eigenvalue weighted by Crippen LogP contribution is -2.12. The maximum atomic E-state index is 11.4. The zero-order valence-electron chi connectivity index (χ0n) is 16.1. The van der Waals surface area contributed by atoms with Crippen LogP contribution in [-0.4, -0.2) is 0 Å². The molecule has 156 valence electrons. The molecule has 0 aliphatic carbocycles. The Morgan fingerprint density at radius 2 is 0.962 bits per heavy atom. The average molecular weight is 437 g/mol. The molecule has 0 fully saturated rings. The largest absolute Gasteiger partial charge is 0.775 e. The highest BCUT2D eigenvalue weighted by molar-refractivity contribution is 7.70. The maximum Gasteiger partial charge on any atom is 0.278 e. The van der Waals surface area contributed by atoms with Crippen molar-refractivity contribution in [2.24, 2.45) is 0 Å². The van der Waals surface area contributed by atoms with Gasteiger partial charge in [-0.05, 0) is 39.3 Å². The zero-order valence-corrected chi connectivity index (χ0v) is 18.8. The van der Waals surface area contributed by atoms with Gasteiger partial charge < -0.3 is 42.3 Å². The Labute approximate surface area is 153 Å². The van der Waals surface area contributed by atoms with Crippen molar-refractivity contribution in [3.63, 3.8) is 0 Å². The number of allylic oxidation sites excluding steroid dienone is 6. The van der Waals surface area contributed by atoms with E-state index in [9.17, 15) is 28.4 Å². The van der Waals surface area contributed by atoms with Crippen LogP contribution in [0.5, 0.6) is 0 Å². The van der Waals surface area contributed by atoms with Crippen LogP contribution in [0.1, 0.15) is 27.7 Å². The van der Waals surface area contributed by atoms with Gasteiger partial charge in [0, 0.05) is 0 Å². The van der Waals surface area contributed by atoms with E-state index in [-0.39, 0.29) is 18.5 Å². The average Bonchev–Trinajstić information content (AvgIpc) is 2.22. The van der Waals surface area contributed by atoms with E-state index in [1.807, 2.05) is 0 Å². The van der Waals surface area contributed by atoms with Gasteiger partial charge in [-0.1, -0.05) is 35.5 Å². The summed E-state index contributed by atoms with van der Waals surface area (Å²) in [4.78, 5) is 34.3. The van der Waals surface area contributed by atoms with Gasteiger partial charge in [0.15, 0.2) is 15.2 Å². The van der Waals surface area contributed by atoms with Gasteiger partial charge >= 0.3 is 0 Å². The van der Waals surface area contributed by atoms with Crippen LogP contribution in [0.2, 0.25) is 0 Å². The number of rotatable bonds is 8. The Hall–Kier alpha value is -0.670. The van der Waals surface area contributed by atoms with E-state index in [0.29, 0.717) is 11.6 Å². The van der Waals surface area contributed by atoms with E-state index in [0.717, 1.165) is 23.3 Å². The summed E-state index contributed by atoms with van der Waals surface area (Å²) in [7, 11) is -15.5. The van der Waals surface area contributed by atoms with Crippen molar-refractivity contribution in [2.45, 2.75) is 27.7 Å². The molecule has 0 rings (SSSR count). The standard InChI is InChI=1S/C12H21O8P3.3H3N/c1-11(2)7-5-9-21(13,14)19-23(17,18)20-22(15,16)10-6-8-12(3)4;;;/h5-10H,1-4H3,(H,13,14)(H,15,16)(H,17,18);3*1H3/b9-5+,10-6+;;;. The summed E-state index contributed by atoms with van der Waals surface area (Å²) in [5, 5.41) is 0. The van der Waals surface area contributed by atoms with Gasteiger partial charge in [0.25, 0.3) is 7.82 Å². The molecule has 0 aromatic heterocycles. The molecular formula is C12H30N3O8P3. The summed E-state index contributed by atoms with van der Waals surface area (Å²) in [6.45, 7) is 6.76. The van der Waals surface area contributed by atoms with Crippen LogP contribution in [0, 0.1) is 0 Å². The van der Waals surface area contributed by atoms with Gasteiger partial charge in [0.1, 0.15) is 0 Å². The topological polar surface area (TPSA) is 248 Å². The lowest BCUT2D eigenvalue weighted by Gasteiger charge is -2.33. The molecule has 0 aliphatic heterocycles. The molecule has 0 aromatic rings. The molecule has 0 heterocycles. The molecule has 0 bridgehead atoms. The summed E-state index contributed by atoms with van der Waals surface area (Å²) in [5.41, 5.74) is 1.52. The number of hydrogen-bond acceptors (Lipinski definition) is 8. The van der Waals surface area contributed by atoms with E-state index in [2.05, 4.69) is 8.62 Å². The predicted octanol–water partition coefficient (Wildman–Crippen LogP) is 3.68. The highest BCUT2D eigenvalue weighted by Crippen LogP contribution is 2.63. The van der Waals surface area contributed by atoms with Crippen molar-refractivity contribution in [2.75, 3.05) is 0 Å². The molecule has 0 saturated carbocycles. The van der Waals surface area contributed by atoms with Crippen molar-refractivity contribution in [1.82, 2.24) is 18.5 Å². The smallest absolute Gasteiger partial charge is 0.278 e. The minimum absolute atomic E-state index is 0. The van der Waals surface area contributed by atoms with Gasteiger partial charge in [-0.2, -0.15) is 0 Å². The summed E-state index contributed by atoms with van der Waals surface area (Å²) >= 11 is 0. The van der Waals surface area contributed by atoms with E-state index in [1.165, 1.54) is 12.2 Å². The fourth-order valence-electron chi connectivity index (χ4n) is 1.03. The van der Waals surface area contributed by atoms with Gasteiger partial charge in [-0.3, -0.25) is 13.2 Å². The molecule has 2 atom stereocenters. The number of quaternary nitrogens is 3. The molecule has 0 aromatic carbocycles. The lowest BCUT2D eigenvalue weighted by atomic mass is 10.3. The Kier molecular flexibility index (Phi) is 17.1. The normalized spacial score (nSPS) is 17.5. The second-order valence-electron chi connectivity index (χ2n) is 4.86. The van der Waals surface area contributed by atoms with E-state index < -0.39 is 23.0 Å². The minimum atomic E-state index is -5.61. The maximum absolute atomic E-state index is 11.4. The fourth-order valence-corrected chi connectivity index (χ4v) is 4.68. The van der Waals surface area contributed by atoms with E-state index >= 15 is 0 Å². The summed E-state index contributed by atoms with van der Waals surface area (Å²) < 4.78 is 41.9. The first-order valence-corrected chi connectivity index (χ1v) is 10.9. The Bertz CT molecular complexity index is 625. The summed E-state index contributed by atoms with van der Waals surface area (Å²) in [5.74, 6) is 0.978. The highest BCUT2D eigenvalue weighted by atomic mass is 31.3. The summed E-state index contributed by atoms with van der Waals surface area (Å²) in [6, 6.07) is 0. The summed E-state index contributed by atoms with van der Waals surface area (Å²) in [6.07, 6.45) is 4.89. The molecule has 0 spiro atoms. The van der Waals surface area contributed by atoms with Gasteiger partial charge in [0.2, 0.25) is 0 Å². The zero-order chi connectivity index (χ0) is 18.3. The molecule has 0 radical (unpaired) electrons. The molecule has 2 unspecified atom stereocenters. The van der Waals surface area contributed by atoms with E-state index in [4.69, 9.17) is 0 Å². The van der Waals surface area contributed by atoms with Crippen LogP contribution in [0.25, 0.3) is 0 Å². The lowest BCUT2D eigenvalue weighted by molar-refractivity contribution is -0.233. The first kappa shape index (κ1) is 33.0. The van der Waals surface area contributed by atoms with Crippen molar-refractivity contribution in [3.8, 4) is 0 Å². The molecule has 12 N–H and O–H groups in total. The monoisotopic (exact) mass is 437 g/mol. The second-order valence-corrected chi connectivity index (χ2v) is 9.82. The number of phosphoric acid groups is 1. The van der Waals surface area contributed by atoms with Crippen LogP contribution < -0.4 is 33.1 Å². The molecule has 0 saturated heterocycles. The third kappa shape index (κ3) is 18.1. The molecule has 14 heteroatoms. The Morgan fingerprint density at radius 3 is 1.19 bits per heavy atom. The van der Waals surface area contributed by atoms with Crippen molar-refractivity contribution in [1.29, 1.82) is 0 Å². The minimum Gasteiger partial charge on any atom is -0.775 e. The van der Waals surface area contributed by atoms with Crippen LogP contribution >= 0.6 is 23.0 Å². The predicted molar refractivity (Wildman–Crippen MR) is 100 cm³/mol. The highest BCUT2D eigenvalue weighted by Gasteiger charge is 2.21. The van der Waals surface area contributed by atoms with Gasteiger partial charge in [-0.15, -0.1) is 0 Å². The van der Waals surface area contributed by atoms with Crippen LogP contribution in [0.15, 0.2) is 47.1 Å². The van der Waals surface area contributed by atoms with Gasteiger partial charge in [0.05, 0.1) is 0 Å². The van der Waals surface area contributed by atoms with E-state index in [1.54, 1.807) is 27.7 Å². The Morgan fingerprint density at radius 1 is 0.692 bits per heavy atom. The molecule has 26 heavy (non-hydrogen) atoms. The van der Waals surface area contributed by atoms with Crippen molar-refractivity contribution >= 4 is 23.0 Å². The molecular weight excluding hydrogens is 407 g/mol. The quantitative estimate of drug-likeness (QED) is 0.372. The molecule has 11 nitrogen and oxygen atoms in total. The molecule has 0 aliphatic rings. The van der Waals surface area contributed by atoms with Crippen LogP contribution in [-0.2, 0) is 22.3 Å². The van der Waals surface area contributed by atoms with Crippen molar-refractivity contribution < 1.29 is 37.0 Å². The van der Waals surface area contributed by atoms with Crippen molar-refractivity contribution in [3.05, 3.63) is 47.1 Å². The first-order chi connectivity index (χ1) is 10.2. The third-order valence-corrected chi connectivity index (χ3v) is 6.32. The third-order valence-electron chi connectivity index (χ3n) is 1.82. The second kappa shape index (κ2) is 13.5. The van der Waals surface area contributed by atoms with Crippen LogP contribution in [0.4, 0.5) is 0 Å². The first-order valence-electron chi connectivity index (χ1n) is 6.25. The SMILES string of the molecule is CC(C)=C/C=C/P(=O)([O-])OP(=O)([O-])OP(=O)([O-])/C=C/C=C(C)C.[NH4+].[NH4+].[NH4+]. The molecule has 0 amide bonds. The fraction of sp³-hybridized carbons (Fsp3) is 0.333.